The number of carbonyl (C=O) groups excluding carboxylic acids is 1. The van der Waals surface area contributed by atoms with Crippen LogP contribution in [0, 0.1) is 15.9 Å². The summed E-state index contributed by atoms with van der Waals surface area (Å²) in [6, 6.07) is 11.8. The van der Waals surface area contributed by atoms with Crippen molar-refractivity contribution < 1.29 is 18.8 Å². The van der Waals surface area contributed by atoms with Crippen molar-refractivity contribution in [1.29, 1.82) is 0 Å². The lowest BCUT2D eigenvalue weighted by Crippen LogP contribution is -2.39. The number of benzene rings is 2. The number of aromatic nitrogens is 2. The molecule has 1 atom stereocenters. The van der Waals surface area contributed by atoms with Crippen LogP contribution < -0.4 is 9.64 Å². The second kappa shape index (κ2) is 8.86. The second-order valence-electron chi connectivity index (χ2n) is 7.08. The van der Waals surface area contributed by atoms with Crippen LogP contribution in [-0.2, 0) is 4.79 Å². The maximum atomic E-state index is 14.0. The third-order valence-electron chi connectivity index (χ3n) is 5.14. The molecule has 2 heterocycles. The molecule has 0 N–H and O–H groups in total. The van der Waals surface area contributed by atoms with Gasteiger partial charge in [-0.2, -0.15) is 0 Å². The second-order valence-corrected chi connectivity index (χ2v) is 7.08. The average molecular weight is 422 g/mol. The molecule has 0 unspecified atom stereocenters. The molecule has 0 aliphatic carbocycles. The van der Waals surface area contributed by atoms with Crippen molar-refractivity contribution in [2.45, 2.75) is 18.9 Å². The minimum absolute atomic E-state index is 0.0517. The summed E-state index contributed by atoms with van der Waals surface area (Å²) in [5, 5.41) is 11.1. The number of para-hydroxylation sites is 2. The van der Waals surface area contributed by atoms with E-state index in [4.69, 9.17) is 4.74 Å². The van der Waals surface area contributed by atoms with Gasteiger partial charge in [0.05, 0.1) is 11.0 Å². The quantitative estimate of drug-likeness (QED) is 0.422. The van der Waals surface area contributed by atoms with Crippen molar-refractivity contribution in [3.05, 3.63) is 76.9 Å². The largest absolute Gasteiger partial charge is 0.479 e. The topological polar surface area (TPSA) is 98.5 Å². The zero-order valence-electron chi connectivity index (χ0n) is 16.5. The minimum Gasteiger partial charge on any atom is -0.479 e. The molecule has 0 spiro atoms. The Morgan fingerprint density at radius 1 is 1.16 bits per heavy atom. The van der Waals surface area contributed by atoms with Crippen LogP contribution in [-0.4, -0.2) is 39.9 Å². The molecule has 0 bridgehead atoms. The molecule has 1 aliphatic rings. The first kappa shape index (κ1) is 20.4. The molecule has 4 rings (SSSR count). The smallest absolute Gasteiger partial charge is 0.310 e. The van der Waals surface area contributed by atoms with Crippen molar-refractivity contribution in [2.75, 3.05) is 18.1 Å². The van der Waals surface area contributed by atoms with E-state index < -0.39 is 11.0 Å². The molecule has 0 saturated carbocycles. The maximum absolute atomic E-state index is 14.0. The molecule has 1 fully saturated rings. The maximum Gasteiger partial charge on any atom is 0.310 e. The van der Waals surface area contributed by atoms with Gasteiger partial charge in [-0.1, -0.05) is 30.3 Å². The van der Waals surface area contributed by atoms with Crippen molar-refractivity contribution in [3.63, 3.8) is 0 Å². The fraction of sp³-hybridized carbons (Fsp3) is 0.227. The third-order valence-corrected chi connectivity index (χ3v) is 5.14. The lowest BCUT2D eigenvalue weighted by Gasteiger charge is -2.23. The molecule has 1 saturated heterocycles. The number of nitrogens with zero attached hydrogens (tertiary/aromatic N) is 4. The van der Waals surface area contributed by atoms with Gasteiger partial charge in [0.25, 0.3) is 0 Å². The van der Waals surface area contributed by atoms with Crippen LogP contribution >= 0.6 is 0 Å². The summed E-state index contributed by atoms with van der Waals surface area (Å²) >= 11 is 0. The molecule has 1 aliphatic heterocycles. The molecule has 31 heavy (non-hydrogen) atoms. The predicted octanol–water partition coefficient (Wildman–Crippen LogP) is 3.81. The van der Waals surface area contributed by atoms with Gasteiger partial charge >= 0.3 is 5.69 Å². The van der Waals surface area contributed by atoms with Gasteiger partial charge in [-0.15, -0.1) is 0 Å². The van der Waals surface area contributed by atoms with Gasteiger partial charge in [-0.25, -0.2) is 14.4 Å². The standard InChI is InChI=1S/C22H19FN4O4/c23-17-7-2-1-6-16(17)15-12-24-22(25-13-15)26-11-5-9-18(26)20(28)14-31-21-10-4-3-8-19(21)27(29)30/h1-4,6-8,10,12-13,18H,5,9,11,14H2/t18-/m1/s1. The zero-order valence-corrected chi connectivity index (χ0v) is 16.5. The fourth-order valence-corrected chi connectivity index (χ4v) is 3.62. The summed E-state index contributed by atoms with van der Waals surface area (Å²) < 4.78 is 19.4. The van der Waals surface area contributed by atoms with Gasteiger partial charge in [0, 0.05) is 36.1 Å². The number of ether oxygens (including phenoxy) is 1. The molecule has 0 amide bonds. The summed E-state index contributed by atoms with van der Waals surface area (Å²) in [5.74, 6) is -0.143. The minimum atomic E-state index is -0.549. The van der Waals surface area contributed by atoms with Gasteiger partial charge in [0.1, 0.15) is 12.4 Å². The van der Waals surface area contributed by atoms with Gasteiger partial charge in [-0.05, 0) is 25.0 Å². The first-order valence-corrected chi connectivity index (χ1v) is 9.77. The monoisotopic (exact) mass is 422 g/mol. The van der Waals surface area contributed by atoms with Crippen LogP contribution in [0.15, 0.2) is 60.9 Å². The number of halogens is 1. The Balaban J connectivity index is 1.46. The van der Waals surface area contributed by atoms with E-state index in [2.05, 4.69) is 9.97 Å². The van der Waals surface area contributed by atoms with Crippen molar-refractivity contribution >= 4 is 17.4 Å². The van der Waals surface area contributed by atoms with Crippen LogP contribution in [0.2, 0.25) is 0 Å². The Bertz CT molecular complexity index is 1110. The van der Waals surface area contributed by atoms with Gasteiger partial charge in [0.15, 0.2) is 11.5 Å². The summed E-state index contributed by atoms with van der Waals surface area (Å²) in [6.07, 6.45) is 4.45. The van der Waals surface area contributed by atoms with Crippen LogP contribution in [0.4, 0.5) is 16.0 Å². The number of carbonyl (C=O) groups is 1. The average Bonchev–Trinajstić information content (AvgIpc) is 3.28. The first-order chi connectivity index (χ1) is 15.0. The summed E-state index contributed by atoms with van der Waals surface area (Å²) in [4.78, 5) is 33.8. The molecule has 0 radical (unpaired) electrons. The SMILES string of the molecule is O=C(COc1ccccc1[N+](=O)[O-])[C@H]1CCCN1c1ncc(-c2ccccc2F)cn1. The highest BCUT2D eigenvalue weighted by Gasteiger charge is 2.33. The summed E-state index contributed by atoms with van der Waals surface area (Å²) in [7, 11) is 0. The Morgan fingerprint density at radius 3 is 2.61 bits per heavy atom. The first-order valence-electron chi connectivity index (χ1n) is 9.77. The number of nitro groups is 1. The Labute approximate surface area is 177 Å². The number of Topliss-reactive ketones (excluding diaryl/α,β-unsaturated/α-hetero) is 1. The summed E-state index contributed by atoms with van der Waals surface area (Å²) in [6.45, 7) is 0.306. The fourth-order valence-electron chi connectivity index (χ4n) is 3.62. The van der Waals surface area contributed by atoms with E-state index >= 15 is 0 Å². The van der Waals surface area contributed by atoms with Gasteiger partial charge in [-0.3, -0.25) is 14.9 Å². The molecular weight excluding hydrogens is 403 g/mol. The van der Waals surface area contributed by atoms with Crippen molar-refractivity contribution in [3.8, 4) is 16.9 Å². The number of anilines is 1. The van der Waals surface area contributed by atoms with Crippen molar-refractivity contribution in [1.82, 2.24) is 9.97 Å². The number of nitro benzene ring substituents is 1. The van der Waals surface area contributed by atoms with E-state index in [9.17, 15) is 19.3 Å². The molecule has 2 aromatic carbocycles. The number of hydrogen-bond donors (Lipinski definition) is 0. The lowest BCUT2D eigenvalue weighted by atomic mass is 10.1. The molecule has 8 nitrogen and oxygen atoms in total. The van der Waals surface area contributed by atoms with E-state index in [1.54, 1.807) is 29.2 Å². The van der Waals surface area contributed by atoms with Gasteiger partial charge in [0.2, 0.25) is 5.95 Å². The Kier molecular flexibility index (Phi) is 5.83. The Hall–Kier alpha value is -3.88. The van der Waals surface area contributed by atoms with E-state index in [0.717, 1.165) is 6.42 Å². The van der Waals surface area contributed by atoms with E-state index in [0.29, 0.717) is 30.0 Å². The molecule has 9 heteroatoms. The highest BCUT2D eigenvalue weighted by atomic mass is 19.1. The highest BCUT2D eigenvalue weighted by Crippen LogP contribution is 2.28. The normalized spacial score (nSPS) is 15.6. The van der Waals surface area contributed by atoms with E-state index in [-0.39, 0.29) is 29.6 Å². The number of rotatable bonds is 7. The van der Waals surface area contributed by atoms with Crippen LogP contribution in [0.1, 0.15) is 12.8 Å². The van der Waals surface area contributed by atoms with Crippen LogP contribution in [0.3, 0.4) is 0 Å². The third kappa shape index (κ3) is 4.35. The lowest BCUT2D eigenvalue weighted by molar-refractivity contribution is -0.385. The predicted molar refractivity (Wildman–Crippen MR) is 111 cm³/mol. The molecular formula is C22H19FN4O4. The molecule has 1 aromatic heterocycles. The molecule has 158 valence electrons. The van der Waals surface area contributed by atoms with Crippen LogP contribution in [0.25, 0.3) is 11.1 Å². The van der Waals surface area contributed by atoms with Crippen LogP contribution in [0.5, 0.6) is 5.75 Å². The number of hydrogen-bond acceptors (Lipinski definition) is 7. The van der Waals surface area contributed by atoms with Crippen molar-refractivity contribution in [2.24, 2.45) is 0 Å². The zero-order chi connectivity index (χ0) is 21.8. The van der Waals surface area contributed by atoms with Gasteiger partial charge < -0.3 is 9.64 Å². The summed E-state index contributed by atoms with van der Waals surface area (Å²) in [5.41, 5.74) is 0.759. The van der Waals surface area contributed by atoms with E-state index in [1.807, 2.05) is 0 Å². The van der Waals surface area contributed by atoms with E-state index in [1.165, 1.54) is 36.7 Å². The number of ketones is 1. The highest BCUT2D eigenvalue weighted by molar-refractivity contribution is 5.88. The molecule has 3 aromatic rings. The Morgan fingerprint density at radius 2 is 1.87 bits per heavy atom.